The second kappa shape index (κ2) is 19.7. The Morgan fingerprint density at radius 2 is 1.13 bits per heavy atom. The summed E-state index contributed by atoms with van der Waals surface area (Å²) in [5.74, 6) is 1.25. The van der Waals surface area contributed by atoms with Gasteiger partial charge in [-0.2, -0.15) is 0 Å². The molecule has 0 aromatic carbocycles. The summed E-state index contributed by atoms with van der Waals surface area (Å²) in [6, 6.07) is 12.1. The molecule has 15 heteroatoms. The Bertz CT molecular complexity index is 2510. The van der Waals surface area contributed by atoms with Crippen molar-refractivity contribution in [2.24, 2.45) is 0 Å². The third-order valence-corrected chi connectivity index (χ3v) is 11.9. The Hall–Kier alpha value is -6.22. The van der Waals surface area contributed by atoms with Gasteiger partial charge in [0.25, 0.3) is 0 Å². The fourth-order valence-electron chi connectivity index (χ4n) is 8.09. The Kier molecular flexibility index (Phi) is 13.5. The number of carbonyl (C=O) groups excluding carboxylic acids is 4. The second-order valence-corrected chi connectivity index (χ2v) is 16.1. The van der Waals surface area contributed by atoms with Gasteiger partial charge in [0, 0.05) is 72.7 Å². The molecule has 1 aliphatic carbocycles. The van der Waals surface area contributed by atoms with E-state index in [1.165, 1.54) is 11.3 Å². The quantitative estimate of drug-likeness (QED) is 0.0595. The third-order valence-electron chi connectivity index (χ3n) is 11.2. The molecule has 0 N–H and O–H groups in total. The zero-order valence-electron chi connectivity index (χ0n) is 34.9. The molecule has 3 aliphatic rings. The van der Waals surface area contributed by atoms with Crippen molar-refractivity contribution in [1.29, 1.82) is 0 Å². The van der Waals surface area contributed by atoms with Crippen molar-refractivity contribution in [3.63, 3.8) is 0 Å². The van der Waals surface area contributed by atoms with Crippen LogP contribution in [0.3, 0.4) is 0 Å². The average molecular weight is 867 g/mol. The number of nitrogens with zero attached hydrogens (tertiary/aromatic N) is 2. The van der Waals surface area contributed by atoms with Gasteiger partial charge in [0.1, 0.15) is 26.4 Å². The number of carbonyl (C=O) groups is 4. The fraction of sp³-hybridized carbons (Fsp3) is 0.404. The molecular formula is C47H50N2O12S. The summed E-state index contributed by atoms with van der Waals surface area (Å²) in [6.07, 6.45) is 10.0. The van der Waals surface area contributed by atoms with Crippen LogP contribution in [-0.2, 0) is 60.4 Å². The molecule has 0 amide bonds. The lowest BCUT2D eigenvalue weighted by Crippen LogP contribution is -2.33. The molecule has 0 spiro atoms. The van der Waals surface area contributed by atoms with Gasteiger partial charge in [0.15, 0.2) is 35.2 Å². The van der Waals surface area contributed by atoms with E-state index < -0.39 is 11.9 Å². The first-order valence-electron chi connectivity index (χ1n) is 21.1. The number of esters is 4. The van der Waals surface area contributed by atoms with Gasteiger partial charge < -0.3 is 46.7 Å². The van der Waals surface area contributed by atoms with Crippen LogP contribution in [0.5, 0.6) is 11.5 Å². The van der Waals surface area contributed by atoms with E-state index in [-0.39, 0.29) is 76.3 Å². The Morgan fingerprint density at radius 3 is 1.71 bits per heavy atom. The van der Waals surface area contributed by atoms with Gasteiger partial charge in [-0.3, -0.25) is 19.2 Å². The number of thiophene rings is 1. The van der Waals surface area contributed by atoms with Crippen LogP contribution in [0.1, 0.15) is 67.2 Å². The number of allylic oxidation sites excluding steroid dienone is 2. The normalized spacial score (nSPS) is 16.5. The van der Waals surface area contributed by atoms with Crippen LogP contribution in [-0.4, -0.2) is 84.5 Å². The molecule has 2 unspecified atom stereocenters. The van der Waals surface area contributed by atoms with Gasteiger partial charge in [-0.1, -0.05) is 12.1 Å². The van der Waals surface area contributed by atoms with Crippen LogP contribution in [0, 0.1) is 13.8 Å². The minimum absolute atomic E-state index is 0.0796. The van der Waals surface area contributed by atoms with Crippen LogP contribution in [0.4, 0.5) is 0 Å². The molecule has 2 atom stereocenters. The van der Waals surface area contributed by atoms with Crippen molar-refractivity contribution in [2.45, 2.75) is 83.8 Å². The van der Waals surface area contributed by atoms with E-state index in [1.807, 2.05) is 59.6 Å². The Labute approximate surface area is 362 Å². The standard InChI is InChI=1S/C47H50N2O12S/c1-30-34(18-22-54-42(50)14-8-16-44(52)58-26-32-24-56-38-12-7-13-39(38)60-32)36-10-3-5-20-48(36)46(30)47-31(2)35(37-11-4-6-21-49(37)47)19-23-55-43(51)15-9-17-45(53)59-27-33-25-57-40-28-62-29-41(40)61-33/h3-6,10-13,20-21,28-29,32-33H,7-9,14-19,22-27H2,1-2H3. The number of ether oxygens (including phenoxy) is 8. The number of rotatable bonds is 19. The highest BCUT2D eigenvalue weighted by atomic mass is 32.1. The van der Waals surface area contributed by atoms with Crippen molar-refractivity contribution >= 4 is 46.2 Å². The maximum Gasteiger partial charge on any atom is 0.305 e. The highest BCUT2D eigenvalue weighted by Crippen LogP contribution is 2.38. The maximum absolute atomic E-state index is 12.7. The molecule has 5 aromatic rings. The van der Waals surface area contributed by atoms with Crippen molar-refractivity contribution in [3.8, 4) is 22.9 Å². The van der Waals surface area contributed by atoms with Gasteiger partial charge >= 0.3 is 23.9 Å². The predicted molar refractivity (Wildman–Crippen MR) is 228 cm³/mol. The molecule has 5 aromatic heterocycles. The van der Waals surface area contributed by atoms with E-state index in [2.05, 4.69) is 34.8 Å². The van der Waals surface area contributed by atoms with Gasteiger partial charge in [-0.15, -0.1) is 11.3 Å². The van der Waals surface area contributed by atoms with Gasteiger partial charge in [0.2, 0.25) is 0 Å². The Morgan fingerprint density at radius 1 is 0.629 bits per heavy atom. The first-order chi connectivity index (χ1) is 30.2. The molecule has 8 rings (SSSR count). The van der Waals surface area contributed by atoms with E-state index in [4.69, 9.17) is 37.9 Å². The first kappa shape index (κ1) is 42.5. The topological polar surface area (TPSA) is 151 Å². The highest BCUT2D eigenvalue weighted by molar-refractivity contribution is 7.08. The molecule has 14 nitrogen and oxygen atoms in total. The first-order valence-corrected chi connectivity index (χ1v) is 22.0. The lowest BCUT2D eigenvalue weighted by molar-refractivity contribution is -0.150. The molecule has 0 bridgehead atoms. The van der Waals surface area contributed by atoms with Crippen molar-refractivity contribution < 1.29 is 57.1 Å². The van der Waals surface area contributed by atoms with Crippen molar-refractivity contribution in [3.05, 3.63) is 105 Å². The fourth-order valence-corrected chi connectivity index (χ4v) is 8.77. The summed E-state index contributed by atoms with van der Waals surface area (Å²) in [5, 5.41) is 3.71. The highest BCUT2D eigenvalue weighted by Gasteiger charge is 2.28. The lowest BCUT2D eigenvalue weighted by Gasteiger charge is -2.26. The van der Waals surface area contributed by atoms with E-state index >= 15 is 0 Å². The molecular weight excluding hydrogens is 817 g/mol. The van der Waals surface area contributed by atoms with Crippen LogP contribution < -0.4 is 9.47 Å². The molecule has 0 radical (unpaired) electrons. The van der Waals surface area contributed by atoms with E-state index in [0.29, 0.717) is 56.2 Å². The van der Waals surface area contributed by atoms with E-state index in [1.54, 1.807) is 0 Å². The summed E-state index contributed by atoms with van der Waals surface area (Å²) < 4.78 is 49.3. The van der Waals surface area contributed by atoms with Crippen molar-refractivity contribution in [1.82, 2.24) is 8.80 Å². The molecule has 1 saturated heterocycles. The number of hydrogen-bond donors (Lipinski definition) is 0. The van der Waals surface area contributed by atoms with Gasteiger partial charge in [-0.25, -0.2) is 0 Å². The summed E-state index contributed by atoms with van der Waals surface area (Å²) >= 11 is 1.48. The predicted octanol–water partition coefficient (Wildman–Crippen LogP) is 7.56. The molecule has 1 fully saturated rings. The number of hydrogen-bond acceptors (Lipinski definition) is 13. The minimum atomic E-state index is -0.402. The van der Waals surface area contributed by atoms with Crippen LogP contribution >= 0.6 is 11.3 Å². The largest absolute Gasteiger partial charge is 0.486 e. The van der Waals surface area contributed by atoms with Crippen LogP contribution in [0.25, 0.3) is 22.4 Å². The van der Waals surface area contributed by atoms with Gasteiger partial charge in [-0.05, 0) is 91.8 Å². The number of fused-ring (bicyclic) bond motifs is 4. The van der Waals surface area contributed by atoms with Crippen LogP contribution in [0.2, 0.25) is 0 Å². The third kappa shape index (κ3) is 9.78. The minimum Gasteiger partial charge on any atom is -0.486 e. The zero-order chi connectivity index (χ0) is 43.0. The van der Waals surface area contributed by atoms with Crippen molar-refractivity contribution in [2.75, 3.05) is 39.6 Å². The SMILES string of the molecule is Cc1c(CCOC(=O)CCCC(=O)OCC2COC3=CCC=C3O2)c2ccccn2c1-c1c(C)c(CCOC(=O)CCCC(=O)OCC2COc3cscc3O2)c2ccccn12. The number of pyridine rings is 2. The maximum atomic E-state index is 12.7. The molecule has 7 heterocycles. The second-order valence-electron chi connectivity index (χ2n) is 15.4. The zero-order valence-corrected chi connectivity index (χ0v) is 35.7. The monoisotopic (exact) mass is 866 g/mol. The summed E-state index contributed by atoms with van der Waals surface area (Å²) in [5.41, 5.74) is 8.35. The summed E-state index contributed by atoms with van der Waals surface area (Å²) in [4.78, 5) is 50.1. The Balaban J connectivity index is 0.812. The van der Waals surface area contributed by atoms with E-state index in [9.17, 15) is 19.2 Å². The molecule has 326 valence electrons. The number of aromatic nitrogens is 2. The smallest absolute Gasteiger partial charge is 0.305 e. The molecule has 0 saturated carbocycles. The van der Waals surface area contributed by atoms with Crippen LogP contribution in [0.15, 0.2) is 83.2 Å². The summed E-state index contributed by atoms with van der Waals surface area (Å²) in [7, 11) is 0. The van der Waals surface area contributed by atoms with E-state index in [0.717, 1.165) is 56.9 Å². The molecule has 2 aliphatic heterocycles. The molecule has 62 heavy (non-hydrogen) atoms. The van der Waals surface area contributed by atoms with Gasteiger partial charge in [0.05, 0.1) is 24.6 Å². The summed E-state index contributed by atoms with van der Waals surface area (Å²) in [6.45, 7) is 5.35. The average Bonchev–Trinajstić information content (AvgIpc) is 4.06. The lowest BCUT2D eigenvalue weighted by atomic mass is 10.0.